The minimum atomic E-state index is -0.121. The third-order valence-corrected chi connectivity index (χ3v) is 4.63. The zero-order valence-corrected chi connectivity index (χ0v) is 14.7. The summed E-state index contributed by atoms with van der Waals surface area (Å²) in [6, 6.07) is 7.08. The lowest BCUT2D eigenvalue weighted by Gasteiger charge is -2.16. The minimum absolute atomic E-state index is 0.117. The molecule has 1 saturated carbocycles. The van der Waals surface area contributed by atoms with Gasteiger partial charge < -0.3 is 15.2 Å². The zero-order valence-electron chi connectivity index (χ0n) is 14.7. The van der Waals surface area contributed by atoms with Crippen LogP contribution in [0.4, 0.5) is 4.39 Å². The summed E-state index contributed by atoms with van der Waals surface area (Å²) in [6.45, 7) is 5.22. The Hall–Kier alpha value is -2.37. The van der Waals surface area contributed by atoms with Crippen LogP contribution < -0.4 is 10.6 Å². The number of guanidine groups is 1. The normalized spacial score (nSPS) is 15.8. The summed E-state index contributed by atoms with van der Waals surface area (Å²) < 4.78 is 16.2. The van der Waals surface area contributed by atoms with Crippen LogP contribution in [-0.2, 0) is 12.0 Å². The van der Waals surface area contributed by atoms with Crippen molar-refractivity contribution in [1.29, 1.82) is 0 Å². The van der Waals surface area contributed by atoms with E-state index in [1.165, 1.54) is 0 Å². The topological polar surface area (TPSA) is 54.2 Å². The Bertz CT molecular complexity index is 692. The standard InChI is InChI=1S/C19H26FN5/c1-2-22-18(23-10-5-12-25-13-11-21-15-25)24-14-19(8-9-19)16-6-3-4-7-17(16)20/h3-4,6-7,11,13,15H,2,5,8-10,12,14H2,1H3,(H2,22,23,24). The third kappa shape index (κ3) is 4.59. The van der Waals surface area contributed by atoms with E-state index in [-0.39, 0.29) is 11.2 Å². The van der Waals surface area contributed by atoms with E-state index < -0.39 is 0 Å². The molecule has 0 amide bonds. The molecule has 3 rings (SSSR count). The molecule has 0 radical (unpaired) electrons. The van der Waals surface area contributed by atoms with E-state index in [1.807, 2.05) is 31.6 Å². The molecule has 1 aliphatic rings. The second-order valence-electron chi connectivity index (χ2n) is 6.54. The van der Waals surface area contributed by atoms with Crippen LogP contribution in [0.15, 0.2) is 48.0 Å². The summed E-state index contributed by atoms with van der Waals surface area (Å²) in [7, 11) is 0. The van der Waals surface area contributed by atoms with Crippen molar-refractivity contribution in [2.45, 2.75) is 38.1 Å². The molecule has 0 aliphatic heterocycles. The first kappa shape index (κ1) is 17.5. The highest BCUT2D eigenvalue weighted by molar-refractivity contribution is 5.79. The number of nitrogens with zero attached hydrogens (tertiary/aromatic N) is 3. The van der Waals surface area contributed by atoms with Gasteiger partial charge in [0.25, 0.3) is 0 Å². The molecule has 1 fully saturated rings. The highest BCUT2D eigenvalue weighted by Crippen LogP contribution is 2.49. The average molecular weight is 343 g/mol. The van der Waals surface area contributed by atoms with Crippen molar-refractivity contribution in [1.82, 2.24) is 20.2 Å². The number of aliphatic imine (C=N–C) groups is 1. The van der Waals surface area contributed by atoms with E-state index in [4.69, 9.17) is 4.99 Å². The molecule has 134 valence electrons. The van der Waals surface area contributed by atoms with Crippen LogP contribution in [0.5, 0.6) is 0 Å². The molecule has 0 bridgehead atoms. The van der Waals surface area contributed by atoms with Gasteiger partial charge in [-0.1, -0.05) is 18.2 Å². The number of benzene rings is 1. The van der Waals surface area contributed by atoms with E-state index in [1.54, 1.807) is 18.3 Å². The van der Waals surface area contributed by atoms with Gasteiger partial charge in [-0.25, -0.2) is 9.37 Å². The maximum absolute atomic E-state index is 14.1. The second kappa shape index (κ2) is 8.14. The Kier molecular flexibility index (Phi) is 5.68. The summed E-state index contributed by atoms with van der Waals surface area (Å²) in [4.78, 5) is 8.75. The molecule has 2 aromatic rings. The smallest absolute Gasteiger partial charge is 0.191 e. The van der Waals surface area contributed by atoms with Crippen molar-refractivity contribution in [3.05, 3.63) is 54.4 Å². The van der Waals surface area contributed by atoms with Gasteiger partial charge in [0.2, 0.25) is 0 Å². The number of hydrogen-bond donors (Lipinski definition) is 2. The number of rotatable bonds is 8. The van der Waals surface area contributed by atoms with E-state index in [0.717, 1.165) is 50.4 Å². The monoisotopic (exact) mass is 343 g/mol. The number of hydrogen-bond acceptors (Lipinski definition) is 2. The summed E-state index contributed by atoms with van der Waals surface area (Å²) in [5.41, 5.74) is 0.680. The molecule has 25 heavy (non-hydrogen) atoms. The summed E-state index contributed by atoms with van der Waals surface area (Å²) in [6.07, 6.45) is 8.56. The second-order valence-corrected chi connectivity index (χ2v) is 6.54. The molecule has 5 nitrogen and oxygen atoms in total. The Morgan fingerprint density at radius 2 is 2.16 bits per heavy atom. The molecule has 0 saturated heterocycles. The van der Waals surface area contributed by atoms with Crippen LogP contribution >= 0.6 is 0 Å². The lowest BCUT2D eigenvalue weighted by atomic mass is 9.95. The summed E-state index contributed by atoms with van der Waals surface area (Å²) >= 11 is 0. The fourth-order valence-electron chi connectivity index (χ4n) is 3.01. The van der Waals surface area contributed by atoms with Gasteiger partial charge in [-0.3, -0.25) is 4.99 Å². The zero-order chi connectivity index (χ0) is 17.5. The maximum atomic E-state index is 14.1. The first-order chi connectivity index (χ1) is 12.2. The maximum Gasteiger partial charge on any atom is 0.191 e. The van der Waals surface area contributed by atoms with Gasteiger partial charge in [0, 0.05) is 37.4 Å². The molecular formula is C19H26FN5. The third-order valence-electron chi connectivity index (χ3n) is 4.63. The molecule has 0 spiro atoms. The highest BCUT2D eigenvalue weighted by atomic mass is 19.1. The molecule has 6 heteroatoms. The molecular weight excluding hydrogens is 317 g/mol. The average Bonchev–Trinajstić information content (AvgIpc) is 3.22. The van der Waals surface area contributed by atoms with Crippen molar-refractivity contribution < 1.29 is 4.39 Å². The highest BCUT2D eigenvalue weighted by Gasteiger charge is 2.45. The predicted molar refractivity (Wildman–Crippen MR) is 98.1 cm³/mol. The molecule has 0 unspecified atom stereocenters. The largest absolute Gasteiger partial charge is 0.357 e. The van der Waals surface area contributed by atoms with Crippen LogP contribution in [0.2, 0.25) is 0 Å². The Balaban J connectivity index is 1.54. The SMILES string of the molecule is CCNC(=NCC1(c2ccccc2F)CC1)NCCCn1ccnc1. The van der Waals surface area contributed by atoms with Crippen LogP contribution in [-0.4, -0.2) is 35.1 Å². The predicted octanol–water partition coefficient (Wildman–Crippen LogP) is 2.70. The van der Waals surface area contributed by atoms with Gasteiger partial charge in [0.15, 0.2) is 5.96 Å². The Labute approximate surface area is 148 Å². The van der Waals surface area contributed by atoms with Gasteiger partial charge in [-0.05, 0) is 37.8 Å². The molecule has 1 aromatic carbocycles. The van der Waals surface area contributed by atoms with E-state index >= 15 is 0 Å². The number of halogens is 1. The van der Waals surface area contributed by atoms with Crippen LogP contribution in [0.25, 0.3) is 0 Å². The van der Waals surface area contributed by atoms with Crippen LogP contribution in [0.1, 0.15) is 31.7 Å². The van der Waals surface area contributed by atoms with Crippen LogP contribution in [0.3, 0.4) is 0 Å². The lowest BCUT2D eigenvalue weighted by molar-refractivity contribution is 0.571. The quantitative estimate of drug-likeness (QED) is 0.440. The van der Waals surface area contributed by atoms with Gasteiger partial charge in [-0.2, -0.15) is 0 Å². The number of imidazole rings is 1. The molecule has 0 atom stereocenters. The lowest BCUT2D eigenvalue weighted by Crippen LogP contribution is -2.38. The molecule has 1 aliphatic carbocycles. The van der Waals surface area contributed by atoms with Crippen molar-refractivity contribution in [2.24, 2.45) is 4.99 Å². The van der Waals surface area contributed by atoms with Crippen molar-refractivity contribution >= 4 is 5.96 Å². The fraction of sp³-hybridized carbons (Fsp3) is 0.474. The van der Waals surface area contributed by atoms with Crippen LogP contribution in [0, 0.1) is 5.82 Å². The number of nitrogens with one attached hydrogen (secondary N) is 2. The first-order valence-corrected chi connectivity index (χ1v) is 8.96. The van der Waals surface area contributed by atoms with E-state index in [2.05, 4.69) is 20.2 Å². The van der Waals surface area contributed by atoms with Gasteiger partial charge in [-0.15, -0.1) is 0 Å². The van der Waals surface area contributed by atoms with Gasteiger partial charge >= 0.3 is 0 Å². The van der Waals surface area contributed by atoms with Crippen molar-refractivity contribution in [2.75, 3.05) is 19.6 Å². The number of aryl methyl sites for hydroxylation is 1. The minimum Gasteiger partial charge on any atom is -0.357 e. The number of aromatic nitrogens is 2. The van der Waals surface area contributed by atoms with Crippen molar-refractivity contribution in [3.8, 4) is 0 Å². The molecule has 1 aromatic heterocycles. The van der Waals surface area contributed by atoms with E-state index in [9.17, 15) is 4.39 Å². The van der Waals surface area contributed by atoms with Gasteiger partial charge in [0.1, 0.15) is 5.82 Å². The van der Waals surface area contributed by atoms with Crippen molar-refractivity contribution in [3.63, 3.8) is 0 Å². The van der Waals surface area contributed by atoms with Gasteiger partial charge in [0.05, 0.1) is 12.9 Å². The fourth-order valence-corrected chi connectivity index (χ4v) is 3.01. The first-order valence-electron chi connectivity index (χ1n) is 8.96. The Morgan fingerprint density at radius 3 is 2.84 bits per heavy atom. The molecule has 1 heterocycles. The summed E-state index contributed by atoms with van der Waals surface area (Å²) in [5.74, 6) is 0.684. The Morgan fingerprint density at radius 1 is 1.32 bits per heavy atom. The summed E-state index contributed by atoms with van der Waals surface area (Å²) in [5, 5.41) is 6.63. The van der Waals surface area contributed by atoms with E-state index in [0.29, 0.717) is 6.54 Å². The molecule has 2 N–H and O–H groups in total.